The minimum absolute atomic E-state index is 0.132. The molecule has 2 aromatic carbocycles. The second kappa shape index (κ2) is 10.2. The van der Waals surface area contributed by atoms with E-state index in [1.807, 2.05) is 30.3 Å². The van der Waals surface area contributed by atoms with Gasteiger partial charge in [0.2, 0.25) is 0 Å². The summed E-state index contributed by atoms with van der Waals surface area (Å²) in [5.41, 5.74) is 1.67. The lowest BCUT2D eigenvalue weighted by molar-refractivity contribution is 0.0496. The Morgan fingerprint density at radius 2 is 1.74 bits per heavy atom. The van der Waals surface area contributed by atoms with E-state index in [4.69, 9.17) is 4.74 Å². The van der Waals surface area contributed by atoms with E-state index in [0.717, 1.165) is 11.4 Å². The van der Waals surface area contributed by atoms with Crippen molar-refractivity contribution in [2.24, 2.45) is 0 Å². The molecule has 0 spiro atoms. The molecule has 0 aromatic heterocycles. The Balaban J connectivity index is 1.69. The quantitative estimate of drug-likeness (QED) is 0.589. The highest BCUT2D eigenvalue weighted by Gasteiger charge is 2.16. The van der Waals surface area contributed by atoms with E-state index in [1.54, 1.807) is 32.5 Å². The summed E-state index contributed by atoms with van der Waals surface area (Å²) in [6, 6.07) is 18.4. The number of amides is 1. The Labute approximate surface area is 165 Å². The summed E-state index contributed by atoms with van der Waals surface area (Å²) in [5.74, 6) is 0.933. The first-order chi connectivity index (χ1) is 12.8. The Morgan fingerprint density at radius 1 is 1.07 bits per heavy atom. The van der Waals surface area contributed by atoms with Gasteiger partial charge in [0.15, 0.2) is 0 Å². The fraction of sp³-hybridized carbons (Fsp3) is 0.381. The molecule has 1 unspecified atom stereocenters. The van der Waals surface area contributed by atoms with Gasteiger partial charge in [-0.2, -0.15) is 0 Å². The molecule has 0 aliphatic heterocycles. The Bertz CT molecular complexity index is 700. The maximum Gasteiger partial charge on any atom is 0.407 e. The molecule has 2 aromatic rings. The van der Waals surface area contributed by atoms with Crippen LogP contribution in [0.15, 0.2) is 59.5 Å². The van der Waals surface area contributed by atoms with Crippen molar-refractivity contribution in [3.63, 3.8) is 0 Å². The van der Waals surface area contributed by atoms with Crippen LogP contribution in [0.2, 0.25) is 0 Å². The van der Waals surface area contributed by atoms with Crippen molar-refractivity contribution in [1.82, 2.24) is 5.32 Å². The topological polar surface area (TPSA) is 70.6 Å². The number of carbonyl (C=O) groups excluding carboxylic acids is 1. The van der Waals surface area contributed by atoms with Gasteiger partial charge in [-0.3, -0.25) is 0 Å². The van der Waals surface area contributed by atoms with Gasteiger partial charge in [-0.25, -0.2) is 4.79 Å². The maximum absolute atomic E-state index is 11.6. The average molecular weight is 389 g/mol. The Kier molecular flexibility index (Phi) is 8.00. The number of hydrogen-bond donors (Lipinski definition) is 3. The maximum atomic E-state index is 11.6. The summed E-state index contributed by atoms with van der Waals surface area (Å²) < 4.78 is 5.14. The van der Waals surface area contributed by atoms with Crippen LogP contribution in [-0.4, -0.2) is 36.0 Å². The van der Waals surface area contributed by atoms with Crippen molar-refractivity contribution in [3.8, 4) is 0 Å². The molecule has 0 saturated carbocycles. The fourth-order valence-electron chi connectivity index (χ4n) is 2.23. The van der Waals surface area contributed by atoms with Crippen LogP contribution in [0.1, 0.15) is 26.3 Å². The SMILES string of the molecule is CC(C)(C)OC(=O)NCC(O)CNc1ccc(SCc2ccccc2)cc1. The Hall–Kier alpha value is -2.18. The van der Waals surface area contributed by atoms with E-state index in [2.05, 4.69) is 34.9 Å². The smallest absolute Gasteiger partial charge is 0.407 e. The molecule has 1 atom stereocenters. The highest BCUT2D eigenvalue weighted by molar-refractivity contribution is 7.98. The van der Waals surface area contributed by atoms with Crippen LogP contribution in [0.25, 0.3) is 0 Å². The van der Waals surface area contributed by atoms with Crippen LogP contribution in [0.5, 0.6) is 0 Å². The monoisotopic (exact) mass is 388 g/mol. The molecule has 1 amide bonds. The number of carbonyl (C=O) groups is 1. The van der Waals surface area contributed by atoms with Crippen LogP contribution in [0, 0.1) is 0 Å². The highest BCUT2D eigenvalue weighted by Crippen LogP contribution is 2.24. The number of anilines is 1. The van der Waals surface area contributed by atoms with E-state index in [1.165, 1.54) is 10.5 Å². The summed E-state index contributed by atoms with van der Waals surface area (Å²) in [7, 11) is 0. The average Bonchev–Trinajstić information content (AvgIpc) is 2.63. The number of aliphatic hydroxyl groups excluding tert-OH is 1. The summed E-state index contributed by atoms with van der Waals surface area (Å²) >= 11 is 1.78. The van der Waals surface area contributed by atoms with E-state index in [0.29, 0.717) is 6.54 Å². The lowest BCUT2D eigenvalue weighted by atomic mass is 10.2. The number of nitrogens with one attached hydrogen (secondary N) is 2. The molecule has 27 heavy (non-hydrogen) atoms. The van der Waals surface area contributed by atoms with Crippen LogP contribution >= 0.6 is 11.8 Å². The predicted molar refractivity (Wildman–Crippen MR) is 111 cm³/mol. The van der Waals surface area contributed by atoms with Gasteiger partial charge in [0.05, 0.1) is 6.10 Å². The predicted octanol–water partition coefficient (Wildman–Crippen LogP) is 4.28. The Morgan fingerprint density at radius 3 is 2.37 bits per heavy atom. The summed E-state index contributed by atoms with van der Waals surface area (Å²) in [5, 5.41) is 15.7. The van der Waals surface area contributed by atoms with Crippen LogP contribution in [0.4, 0.5) is 10.5 Å². The summed E-state index contributed by atoms with van der Waals surface area (Å²) in [4.78, 5) is 12.8. The number of benzene rings is 2. The van der Waals surface area contributed by atoms with Crippen molar-refractivity contribution in [1.29, 1.82) is 0 Å². The van der Waals surface area contributed by atoms with E-state index in [-0.39, 0.29) is 6.54 Å². The molecule has 2 rings (SSSR count). The molecule has 146 valence electrons. The van der Waals surface area contributed by atoms with Crippen LogP contribution in [-0.2, 0) is 10.5 Å². The van der Waals surface area contributed by atoms with Crippen molar-refractivity contribution in [2.45, 2.75) is 43.1 Å². The molecular weight excluding hydrogens is 360 g/mol. The third-order valence-electron chi connectivity index (χ3n) is 3.53. The van der Waals surface area contributed by atoms with Gasteiger partial charge >= 0.3 is 6.09 Å². The standard InChI is InChI=1S/C21H28N2O3S/c1-21(2,3)26-20(25)23-14-18(24)13-22-17-9-11-19(12-10-17)27-15-16-7-5-4-6-8-16/h4-12,18,22,24H,13-15H2,1-3H3,(H,23,25). The van der Waals surface area contributed by atoms with Gasteiger partial charge in [0.1, 0.15) is 5.60 Å². The first-order valence-electron chi connectivity index (χ1n) is 8.97. The van der Waals surface area contributed by atoms with Gasteiger partial charge < -0.3 is 20.5 Å². The summed E-state index contributed by atoms with van der Waals surface area (Å²) in [6.45, 7) is 5.87. The zero-order chi connectivity index (χ0) is 19.7. The fourth-order valence-corrected chi connectivity index (χ4v) is 3.09. The number of rotatable bonds is 8. The number of alkyl carbamates (subject to hydrolysis) is 1. The first kappa shape index (κ1) is 21.1. The molecule has 0 heterocycles. The van der Waals surface area contributed by atoms with Crippen molar-refractivity contribution >= 4 is 23.5 Å². The molecule has 0 saturated heterocycles. The van der Waals surface area contributed by atoms with Crippen molar-refractivity contribution < 1.29 is 14.6 Å². The molecule has 3 N–H and O–H groups in total. The second-order valence-corrected chi connectivity index (χ2v) is 8.26. The zero-order valence-electron chi connectivity index (χ0n) is 16.1. The molecule has 0 fully saturated rings. The minimum atomic E-state index is -0.704. The van der Waals surface area contributed by atoms with Crippen LogP contribution < -0.4 is 10.6 Å². The third-order valence-corrected chi connectivity index (χ3v) is 4.61. The normalized spacial score (nSPS) is 12.3. The van der Waals surface area contributed by atoms with Gasteiger partial charge in [-0.1, -0.05) is 30.3 Å². The van der Waals surface area contributed by atoms with E-state index in [9.17, 15) is 9.90 Å². The molecule has 0 aliphatic rings. The number of aliphatic hydroxyl groups is 1. The van der Waals surface area contributed by atoms with Gasteiger partial charge in [0, 0.05) is 29.4 Å². The third kappa shape index (κ3) is 8.84. The minimum Gasteiger partial charge on any atom is -0.444 e. The van der Waals surface area contributed by atoms with Gasteiger partial charge in [-0.15, -0.1) is 11.8 Å². The van der Waals surface area contributed by atoms with E-state index >= 15 is 0 Å². The lowest BCUT2D eigenvalue weighted by Crippen LogP contribution is -2.39. The van der Waals surface area contributed by atoms with Crippen LogP contribution in [0.3, 0.4) is 0 Å². The van der Waals surface area contributed by atoms with Gasteiger partial charge in [-0.05, 0) is 50.6 Å². The van der Waals surface area contributed by atoms with Crippen molar-refractivity contribution in [2.75, 3.05) is 18.4 Å². The molecule has 6 heteroatoms. The number of hydrogen-bond acceptors (Lipinski definition) is 5. The molecule has 0 bridgehead atoms. The second-order valence-electron chi connectivity index (χ2n) is 7.22. The molecule has 5 nitrogen and oxygen atoms in total. The zero-order valence-corrected chi connectivity index (χ0v) is 16.9. The largest absolute Gasteiger partial charge is 0.444 e. The first-order valence-corrected chi connectivity index (χ1v) is 9.96. The number of thioether (sulfide) groups is 1. The number of ether oxygens (including phenoxy) is 1. The molecular formula is C21H28N2O3S. The molecule has 0 radical (unpaired) electrons. The summed E-state index contributed by atoms with van der Waals surface area (Å²) in [6.07, 6.45) is -1.23. The van der Waals surface area contributed by atoms with Gasteiger partial charge in [0.25, 0.3) is 0 Å². The highest BCUT2D eigenvalue weighted by atomic mass is 32.2. The van der Waals surface area contributed by atoms with Crippen molar-refractivity contribution in [3.05, 3.63) is 60.2 Å². The van der Waals surface area contributed by atoms with E-state index < -0.39 is 17.8 Å². The lowest BCUT2D eigenvalue weighted by Gasteiger charge is -2.20. The molecule has 0 aliphatic carbocycles.